The van der Waals surface area contributed by atoms with Gasteiger partial charge in [-0.1, -0.05) is 30.3 Å². The molecule has 0 saturated heterocycles. The number of hydrogen-bond acceptors (Lipinski definition) is 4. The number of nitrogens with one attached hydrogen (secondary N) is 1. The quantitative estimate of drug-likeness (QED) is 0.734. The molecule has 1 heterocycles. The highest BCUT2D eigenvalue weighted by atomic mass is 32.1. The van der Waals surface area contributed by atoms with Gasteiger partial charge in [-0.05, 0) is 18.2 Å². The van der Waals surface area contributed by atoms with Gasteiger partial charge in [0.1, 0.15) is 16.6 Å². The van der Waals surface area contributed by atoms with Gasteiger partial charge in [-0.25, -0.2) is 9.37 Å². The maximum Gasteiger partial charge on any atom is 0.127 e. The molecule has 3 rings (SSSR count). The molecule has 23 heavy (non-hydrogen) atoms. The second kappa shape index (κ2) is 7.35. The Hall–Kier alpha value is -2.24. The number of nitrogens with zero attached hydrogens (tertiary/aromatic N) is 1. The van der Waals surface area contributed by atoms with E-state index in [-0.39, 0.29) is 5.82 Å². The lowest BCUT2D eigenvalue weighted by molar-refractivity contribution is 0.416. The molecule has 1 N–H and O–H groups in total. The minimum Gasteiger partial charge on any atom is -0.496 e. The number of halogens is 1. The highest BCUT2D eigenvalue weighted by molar-refractivity contribution is 7.15. The Morgan fingerprint density at radius 3 is 2.70 bits per heavy atom. The Morgan fingerprint density at radius 2 is 1.87 bits per heavy atom. The van der Waals surface area contributed by atoms with E-state index in [1.165, 1.54) is 6.07 Å². The van der Waals surface area contributed by atoms with Gasteiger partial charge in [0, 0.05) is 30.4 Å². The first-order valence-corrected chi connectivity index (χ1v) is 8.12. The maximum absolute atomic E-state index is 13.6. The van der Waals surface area contributed by atoms with Crippen molar-refractivity contribution in [2.45, 2.75) is 13.1 Å². The lowest BCUT2D eigenvalue weighted by Gasteiger charge is -2.05. The van der Waals surface area contributed by atoms with Crippen molar-refractivity contribution < 1.29 is 9.13 Å². The van der Waals surface area contributed by atoms with E-state index in [0.29, 0.717) is 18.7 Å². The van der Waals surface area contributed by atoms with Crippen molar-refractivity contribution in [3.8, 4) is 16.2 Å². The van der Waals surface area contributed by atoms with Crippen molar-refractivity contribution in [1.29, 1.82) is 0 Å². The fraction of sp³-hybridized carbons (Fsp3) is 0.167. The zero-order chi connectivity index (χ0) is 16.1. The van der Waals surface area contributed by atoms with Crippen LogP contribution in [-0.2, 0) is 13.1 Å². The van der Waals surface area contributed by atoms with Crippen LogP contribution in [0.25, 0.3) is 10.4 Å². The molecular weight excluding hydrogens is 311 g/mol. The number of thiazole rings is 1. The minimum absolute atomic E-state index is 0.186. The van der Waals surface area contributed by atoms with Crippen molar-refractivity contribution in [2.75, 3.05) is 7.11 Å². The summed E-state index contributed by atoms with van der Waals surface area (Å²) < 4.78 is 18.9. The number of hydrogen-bond donors (Lipinski definition) is 1. The zero-order valence-corrected chi connectivity index (χ0v) is 13.6. The lowest BCUT2D eigenvalue weighted by Crippen LogP contribution is -2.13. The fourth-order valence-corrected chi connectivity index (χ4v) is 3.23. The maximum atomic E-state index is 13.6. The molecule has 0 fully saturated rings. The van der Waals surface area contributed by atoms with Gasteiger partial charge in [0.05, 0.1) is 12.0 Å². The van der Waals surface area contributed by atoms with E-state index >= 15 is 0 Å². The Labute approximate surface area is 138 Å². The molecule has 0 amide bonds. The predicted molar refractivity (Wildman–Crippen MR) is 91.0 cm³/mol. The molecule has 1 aromatic heterocycles. The number of para-hydroxylation sites is 1. The van der Waals surface area contributed by atoms with E-state index < -0.39 is 0 Å². The van der Waals surface area contributed by atoms with E-state index in [1.54, 1.807) is 30.6 Å². The summed E-state index contributed by atoms with van der Waals surface area (Å²) in [6.45, 7) is 1.09. The molecule has 5 heteroatoms. The van der Waals surface area contributed by atoms with Crippen LogP contribution in [0, 0.1) is 5.82 Å². The van der Waals surface area contributed by atoms with E-state index in [0.717, 1.165) is 21.2 Å². The van der Waals surface area contributed by atoms with E-state index in [4.69, 9.17) is 4.74 Å². The summed E-state index contributed by atoms with van der Waals surface area (Å²) in [6, 6.07) is 14.7. The van der Waals surface area contributed by atoms with Gasteiger partial charge in [-0.2, -0.15) is 0 Å². The predicted octanol–water partition coefficient (Wildman–Crippen LogP) is 4.25. The molecule has 0 saturated carbocycles. The zero-order valence-electron chi connectivity index (χ0n) is 12.8. The van der Waals surface area contributed by atoms with E-state index in [2.05, 4.69) is 10.3 Å². The third-order valence-electron chi connectivity index (χ3n) is 3.48. The van der Waals surface area contributed by atoms with Gasteiger partial charge in [0.2, 0.25) is 0 Å². The van der Waals surface area contributed by atoms with Crippen molar-refractivity contribution in [3.05, 3.63) is 71.1 Å². The van der Waals surface area contributed by atoms with Crippen molar-refractivity contribution >= 4 is 11.3 Å². The van der Waals surface area contributed by atoms with Crippen LogP contribution in [0.15, 0.2) is 54.7 Å². The third kappa shape index (κ3) is 3.75. The first-order chi connectivity index (χ1) is 11.3. The summed E-state index contributed by atoms with van der Waals surface area (Å²) in [6.07, 6.45) is 1.85. The summed E-state index contributed by atoms with van der Waals surface area (Å²) >= 11 is 1.61. The van der Waals surface area contributed by atoms with E-state index in [1.807, 2.05) is 36.5 Å². The summed E-state index contributed by atoms with van der Waals surface area (Å²) in [5.74, 6) is 0.649. The van der Waals surface area contributed by atoms with Gasteiger partial charge in [0.25, 0.3) is 0 Å². The first kappa shape index (κ1) is 15.6. The number of aromatic nitrogens is 1. The normalized spacial score (nSPS) is 10.7. The summed E-state index contributed by atoms with van der Waals surface area (Å²) in [5, 5.41) is 4.19. The van der Waals surface area contributed by atoms with Crippen LogP contribution in [0.4, 0.5) is 4.39 Å². The third-order valence-corrected chi connectivity index (χ3v) is 4.51. The number of benzene rings is 2. The molecule has 0 radical (unpaired) electrons. The Balaban J connectivity index is 1.65. The molecule has 0 aliphatic rings. The second-order valence-electron chi connectivity index (χ2n) is 5.01. The lowest BCUT2D eigenvalue weighted by atomic mass is 10.2. The Kier molecular flexibility index (Phi) is 5.00. The molecule has 0 atom stereocenters. The molecule has 118 valence electrons. The van der Waals surface area contributed by atoms with Crippen molar-refractivity contribution in [3.63, 3.8) is 0 Å². The van der Waals surface area contributed by atoms with Gasteiger partial charge in [0.15, 0.2) is 0 Å². The molecule has 0 aliphatic heterocycles. The van der Waals surface area contributed by atoms with Crippen LogP contribution in [-0.4, -0.2) is 12.1 Å². The minimum atomic E-state index is -0.186. The highest BCUT2D eigenvalue weighted by Gasteiger charge is 2.09. The summed E-state index contributed by atoms with van der Waals surface area (Å²) in [4.78, 5) is 5.49. The standard InChI is InChI=1S/C18H17FN2OS/c1-22-16-9-5-3-7-14(16)17-11-21-18(23-17)12-20-10-13-6-2-4-8-15(13)19/h2-9,11,20H,10,12H2,1H3. The van der Waals surface area contributed by atoms with Crippen LogP contribution < -0.4 is 10.1 Å². The Bertz CT molecular complexity index is 788. The monoisotopic (exact) mass is 328 g/mol. The molecule has 0 unspecified atom stereocenters. The van der Waals surface area contributed by atoms with Crippen LogP contribution in [0.1, 0.15) is 10.6 Å². The molecule has 0 spiro atoms. The van der Waals surface area contributed by atoms with Crippen LogP contribution >= 0.6 is 11.3 Å². The van der Waals surface area contributed by atoms with Crippen molar-refractivity contribution in [1.82, 2.24) is 10.3 Å². The van der Waals surface area contributed by atoms with Gasteiger partial charge >= 0.3 is 0 Å². The van der Waals surface area contributed by atoms with Gasteiger partial charge in [-0.3, -0.25) is 0 Å². The average Bonchev–Trinajstić information content (AvgIpc) is 3.05. The van der Waals surface area contributed by atoms with Crippen LogP contribution in [0.5, 0.6) is 5.75 Å². The molecule has 2 aromatic carbocycles. The van der Waals surface area contributed by atoms with Crippen LogP contribution in [0.3, 0.4) is 0 Å². The fourth-order valence-electron chi connectivity index (χ4n) is 2.31. The molecule has 3 nitrogen and oxygen atoms in total. The molecule has 3 aromatic rings. The molecule has 0 aliphatic carbocycles. The summed E-state index contributed by atoms with van der Waals surface area (Å²) in [5.41, 5.74) is 1.70. The van der Waals surface area contributed by atoms with Crippen LogP contribution in [0.2, 0.25) is 0 Å². The number of methoxy groups -OCH3 is 1. The molecular formula is C18H17FN2OS. The number of rotatable bonds is 6. The largest absolute Gasteiger partial charge is 0.496 e. The topological polar surface area (TPSA) is 34.1 Å². The highest BCUT2D eigenvalue weighted by Crippen LogP contribution is 2.33. The van der Waals surface area contributed by atoms with E-state index in [9.17, 15) is 4.39 Å². The average molecular weight is 328 g/mol. The summed E-state index contributed by atoms with van der Waals surface area (Å²) in [7, 11) is 1.66. The first-order valence-electron chi connectivity index (χ1n) is 7.30. The number of ether oxygens (including phenoxy) is 1. The van der Waals surface area contributed by atoms with Gasteiger partial charge in [-0.15, -0.1) is 11.3 Å². The van der Waals surface area contributed by atoms with Gasteiger partial charge < -0.3 is 10.1 Å². The smallest absolute Gasteiger partial charge is 0.127 e. The molecule has 0 bridgehead atoms. The SMILES string of the molecule is COc1ccccc1-c1cnc(CNCc2ccccc2F)s1. The Morgan fingerprint density at radius 1 is 1.09 bits per heavy atom. The second-order valence-corrected chi connectivity index (χ2v) is 6.13. The van der Waals surface area contributed by atoms with Crippen molar-refractivity contribution in [2.24, 2.45) is 0 Å².